The predicted octanol–water partition coefficient (Wildman–Crippen LogP) is 3.77. The van der Waals surface area contributed by atoms with Crippen molar-refractivity contribution < 1.29 is 22.7 Å². The van der Waals surface area contributed by atoms with Crippen molar-refractivity contribution in [2.24, 2.45) is 7.05 Å². The van der Waals surface area contributed by atoms with Crippen molar-refractivity contribution in [3.05, 3.63) is 76.6 Å². The van der Waals surface area contributed by atoms with Gasteiger partial charge in [0.05, 0.1) is 11.3 Å². The zero-order chi connectivity index (χ0) is 24.2. The number of halogens is 1. The number of esters is 1. The number of hydrogen-bond donors (Lipinski definition) is 0. The van der Waals surface area contributed by atoms with Gasteiger partial charge in [0.15, 0.2) is 0 Å². The van der Waals surface area contributed by atoms with Crippen LogP contribution in [0.1, 0.15) is 35.0 Å². The maximum absolute atomic E-state index is 13.1. The molecule has 0 aliphatic rings. The number of amides is 1. The molecule has 0 unspecified atom stereocenters. The molecule has 0 aliphatic heterocycles. The van der Waals surface area contributed by atoms with Gasteiger partial charge in [-0.25, -0.2) is 17.5 Å². The Bertz CT molecular complexity index is 1270. The van der Waals surface area contributed by atoms with Gasteiger partial charge in [-0.3, -0.25) is 9.48 Å². The Hall–Kier alpha value is -3.17. The Morgan fingerprint density at radius 3 is 2.33 bits per heavy atom. The summed E-state index contributed by atoms with van der Waals surface area (Å²) in [5, 5.41) is 3.97. The first kappa shape index (κ1) is 24.5. The number of carbonyl (C=O) groups excluding carboxylic acids is 2. The molecule has 3 aromatic rings. The lowest BCUT2D eigenvalue weighted by Crippen LogP contribution is -2.37. The van der Waals surface area contributed by atoms with Gasteiger partial charge in [0.25, 0.3) is 10.0 Å². The second-order valence-electron chi connectivity index (χ2n) is 7.26. The number of nitrogens with zero attached hydrogens (tertiary/aromatic N) is 3. The fourth-order valence-corrected chi connectivity index (χ4v) is 5.55. The molecule has 33 heavy (non-hydrogen) atoms. The maximum Gasteiger partial charge on any atom is 0.343 e. The van der Waals surface area contributed by atoms with Crippen LogP contribution >= 0.6 is 11.6 Å². The molecule has 0 radical (unpaired) electrons. The van der Waals surface area contributed by atoms with Crippen molar-refractivity contribution in [2.75, 3.05) is 6.54 Å². The average molecular weight is 490 g/mol. The minimum absolute atomic E-state index is 0.0584. The van der Waals surface area contributed by atoms with Crippen molar-refractivity contribution in [3.8, 4) is 5.75 Å². The van der Waals surface area contributed by atoms with Gasteiger partial charge in [-0.05, 0) is 44.0 Å². The molecule has 10 heteroatoms. The van der Waals surface area contributed by atoms with Gasteiger partial charge >= 0.3 is 5.97 Å². The summed E-state index contributed by atoms with van der Waals surface area (Å²) in [7, 11) is -2.65. The first-order valence-corrected chi connectivity index (χ1v) is 12.1. The van der Waals surface area contributed by atoms with E-state index < -0.39 is 21.9 Å². The Morgan fingerprint density at radius 1 is 1.09 bits per heavy atom. The van der Waals surface area contributed by atoms with Crippen LogP contribution < -0.4 is 4.74 Å². The zero-order valence-corrected chi connectivity index (χ0v) is 20.1. The molecule has 0 atom stereocenters. The van der Waals surface area contributed by atoms with E-state index in [0.29, 0.717) is 16.9 Å². The summed E-state index contributed by atoms with van der Waals surface area (Å²) in [4.78, 5) is 25.2. The van der Waals surface area contributed by atoms with E-state index in [2.05, 4.69) is 5.10 Å². The zero-order valence-electron chi connectivity index (χ0n) is 18.5. The molecule has 2 aromatic carbocycles. The number of aryl methyl sites for hydroxylation is 3. The number of para-hydroxylation sites is 1. The van der Waals surface area contributed by atoms with E-state index in [1.54, 1.807) is 61.5 Å². The van der Waals surface area contributed by atoms with Gasteiger partial charge in [-0.15, -0.1) is 0 Å². The second-order valence-corrected chi connectivity index (χ2v) is 9.41. The fraction of sp³-hybridized carbons (Fsp3) is 0.261. The van der Waals surface area contributed by atoms with Gasteiger partial charge in [0, 0.05) is 20.0 Å². The highest BCUT2D eigenvalue weighted by atomic mass is 35.5. The molecule has 0 bridgehead atoms. The van der Waals surface area contributed by atoms with Gasteiger partial charge in [-0.1, -0.05) is 48.0 Å². The van der Waals surface area contributed by atoms with Crippen LogP contribution in [0.5, 0.6) is 5.75 Å². The summed E-state index contributed by atoms with van der Waals surface area (Å²) in [6.07, 6.45) is 0.0761. The topological polar surface area (TPSA) is 98.6 Å². The smallest absolute Gasteiger partial charge is 0.343 e. The average Bonchev–Trinajstić information content (AvgIpc) is 3.05. The van der Waals surface area contributed by atoms with Crippen molar-refractivity contribution >= 4 is 33.5 Å². The Labute approximate surface area is 197 Å². The van der Waals surface area contributed by atoms with Crippen LogP contribution in [0, 0.1) is 6.92 Å². The van der Waals surface area contributed by atoms with Gasteiger partial charge < -0.3 is 4.74 Å². The van der Waals surface area contributed by atoms with Gasteiger partial charge in [0.2, 0.25) is 5.91 Å². The number of sulfonamides is 1. The lowest BCUT2D eigenvalue weighted by Gasteiger charge is -2.21. The van der Waals surface area contributed by atoms with Crippen LogP contribution in [0.25, 0.3) is 0 Å². The van der Waals surface area contributed by atoms with Crippen LogP contribution in [-0.4, -0.2) is 40.9 Å². The van der Waals surface area contributed by atoms with Crippen molar-refractivity contribution in [1.29, 1.82) is 0 Å². The Morgan fingerprint density at radius 2 is 1.73 bits per heavy atom. The van der Waals surface area contributed by atoms with Crippen LogP contribution in [0.4, 0.5) is 0 Å². The highest BCUT2D eigenvalue weighted by Gasteiger charge is 2.33. The third-order valence-electron chi connectivity index (χ3n) is 5.01. The third kappa shape index (κ3) is 5.26. The number of rotatable bonds is 8. The summed E-state index contributed by atoms with van der Waals surface area (Å²) in [5.74, 6) is -0.800. The minimum atomic E-state index is -4.18. The highest BCUT2D eigenvalue weighted by molar-refractivity contribution is 7.89. The van der Waals surface area contributed by atoms with Gasteiger partial charge in [-0.2, -0.15) is 5.10 Å². The standard InChI is InChI=1S/C23H24ClN3O5S/c1-4-27(33(30,31)21-16(2)25-26(3)22(21)24)20(28)15-14-17-10-8-9-13-19(17)32-23(29)18-11-6-5-7-12-18/h5-13H,4,14-15H2,1-3H3. The normalized spacial score (nSPS) is 11.3. The SMILES string of the molecule is CCN(C(=O)CCc1ccccc1OC(=O)c1ccccc1)S(=O)(=O)c1c(C)nn(C)c1Cl. The van der Waals surface area contributed by atoms with E-state index in [1.165, 1.54) is 18.7 Å². The van der Waals surface area contributed by atoms with E-state index in [-0.39, 0.29) is 35.1 Å². The molecule has 174 valence electrons. The van der Waals surface area contributed by atoms with E-state index >= 15 is 0 Å². The highest BCUT2D eigenvalue weighted by Crippen LogP contribution is 2.28. The van der Waals surface area contributed by atoms with E-state index in [9.17, 15) is 18.0 Å². The lowest BCUT2D eigenvalue weighted by atomic mass is 10.1. The summed E-state index contributed by atoms with van der Waals surface area (Å²) in [5.41, 5.74) is 1.22. The first-order valence-electron chi connectivity index (χ1n) is 10.3. The molecule has 0 fully saturated rings. The number of ether oxygens (including phenoxy) is 1. The molecule has 0 aliphatic carbocycles. The van der Waals surface area contributed by atoms with Gasteiger partial charge in [0.1, 0.15) is 15.8 Å². The van der Waals surface area contributed by atoms with Crippen LogP contribution in [-0.2, 0) is 28.3 Å². The molecule has 0 saturated heterocycles. The van der Waals surface area contributed by atoms with Crippen LogP contribution in [0.3, 0.4) is 0 Å². The van der Waals surface area contributed by atoms with Crippen molar-refractivity contribution in [3.63, 3.8) is 0 Å². The molecule has 8 nitrogen and oxygen atoms in total. The Kier molecular flexibility index (Phi) is 7.55. The monoisotopic (exact) mass is 489 g/mol. The molecule has 0 N–H and O–H groups in total. The first-order chi connectivity index (χ1) is 15.7. The molecule has 0 spiro atoms. The fourth-order valence-electron chi connectivity index (χ4n) is 3.40. The molecule has 0 saturated carbocycles. The minimum Gasteiger partial charge on any atom is -0.423 e. The molecule has 1 aromatic heterocycles. The second kappa shape index (κ2) is 10.2. The summed E-state index contributed by atoms with van der Waals surface area (Å²) in [6, 6.07) is 15.4. The maximum atomic E-state index is 13.1. The third-order valence-corrected chi connectivity index (χ3v) is 7.60. The number of benzene rings is 2. The van der Waals surface area contributed by atoms with E-state index in [1.807, 2.05) is 0 Å². The summed E-state index contributed by atoms with van der Waals surface area (Å²) >= 11 is 6.13. The Balaban J connectivity index is 1.77. The molecule has 1 heterocycles. The summed E-state index contributed by atoms with van der Waals surface area (Å²) < 4.78 is 33.8. The largest absolute Gasteiger partial charge is 0.423 e. The number of aromatic nitrogens is 2. The lowest BCUT2D eigenvalue weighted by molar-refractivity contribution is -0.126. The van der Waals surface area contributed by atoms with E-state index in [0.717, 1.165) is 4.31 Å². The molecular weight excluding hydrogens is 466 g/mol. The molecular formula is C23H24ClN3O5S. The van der Waals surface area contributed by atoms with Crippen molar-refractivity contribution in [2.45, 2.75) is 31.6 Å². The number of hydrogen-bond acceptors (Lipinski definition) is 6. The molecule has 1 amide bonds. The van der Waals surface area contributed by atoms with E-state index in [4.69, 9.17) is 16.3 Å². The number of carbonyl (C=O) groups is 2. The predicted molar refractivity (Wildman–Crippen MR) is 124 cm³/mol. The van der Waals surface area contributed by atoms with Crippen molar-refractivity contribution in [1.82, 2.24) is 14.1 Å². The van der Waals surface area contributed by atoms with Crippen LogP contribution in [0.15, 0.2) is 59.5 Å². The quantitative estimate of drug-likeness (QED) is 0.353. The van der Waals surface area contributed by atoms with Crippen LogP contribution in [0.2, 0.25) is 5.15 Å². The summed E-state index contributed by atoms with van der Waals surface area (Å²) in [6.45, 7) is 3.04. The molecule has 3 rings (SSSR count).